The molecule has 0 saturated heterocycles. The van der Waals surface area contributed by atoms with Gasteiger partial charge in [0, 0.05) is 17.3 Å². The highest BCUT2D eigenvalue weighted by molar-refractivity contribution is 8.72. The molecule has 0 heterocycles. The maximum absolute atomic E-state index is 12.9. The summed E-state index contributed by atoms with van der Waals surface area (Å²) in [5.41, 5.74) is 3.55. The molecule has 0 aliphatic heterocycles. The Kier molecular flexibility index (Phi) is 14.8. The average Bonchev–Trinajstić information content (AvgIpc) is 2.99. The molecule has 3 aromatic carbocycles. The maximum atomic E-state index is 12.9. The van der Waals surface area contributed by atoms with Crippen LogP contribution >= 0.6 is 32.4 Å². The minimum absolute atomic E-state index is 0.576. The van der Waals surface area contributed by atoms with Gasteiger partial charge in [-0.3, -0.25) is 0 Å². The maximum Gasteiger partial charge on any atom is 0.165 e. The summed E-state index contributed by atoms with van der Waals surface area (Å²) >= 11 is 0. The standard InChI is InChI=1S/C33H42O3S6/c1-25-4-12-31(13-5-25)40(34)37-21-18-28-10-11-29(19-22-38-41(35)32-14-6-26(2)7-15-32)30(24-28)20-23-39-42(36)33-16-8-27(3)9-17-33/h4-9,12-17,28-30H,10-11,18-24H2,1-3H3/t28-,29+,30+,40?,41?,42?/m1/s1. The molecule has 228 valence electrons. The van der Waals surface area contributed by atoms with E-state index in [1.54, 1.807) is 32.4 Å². The highest BCUT2D eigenvalue weighted by Crippen LogP contribution is 2.42. The Labute approximate surface area is 273 Å². The van der Waals surface area contributed by atoms with E-state index in [2.05, 4.69) is 0 Å². The van der Waals surface area contributed by atoms with Crippen molar-refractivity contribution in [1.82, 2.24) is 0 Å². The first-order valence-electron chi connectivity index (χ1n) is 14.6. The highest BCUT2D eigenvalue weighted by atomic mass is 33.1. The lowest BCUT2D eigenvalue weighted by molar-refractivity contribution is 0.169. The van der Waals surface area contributed by atoms with Gasteiger partial charge in [0.2, 0.25) is 0 Å². The number of rotatable bonds is 15. The van der Waals surface area contributed by atoms with Crippen molar-refractivity contribution in [2.24, 2.45) is 17.8 Å². The number of benzene rings is 3. The molecular formula is C33H42O3S6. The normalized spacial score (nSPS) is 21.1. The van der Waals surface area contributed by atoms with Crippen LogP contribution in [0.25, 0.3) is 0 Å². The molecule has 0 amide bonds. The van der Waals surface area contributed by atoms with Crippen molar-refractivity contribution >= 4 is 63.0 Å². The van der Waals surface area contributed by atoms with Gasteiger partial charge in [0.05, 0.1) is 63.0 Å². The molecule has 0 aromatic heterocycles. The Morgan fingerprint density at radius 1 is 0.524 bits per heavy atom. The lowest BCUT2D eigenvalue weighted by Crippen LogP contribution is -2.27. The lowest BCUT2D eigenvalue weighted by atomic mass is 9.71. The zero-order valence-corrected chi connectivity index (χ0v) is 29.6. The van der Waals surface area contributed by atoms with E-state index >= 15 is 0 Å². The van der Waals surface area contributed by atoms with Gasteiger partial charge in [0.15, 0.2) is 14.7 Å². The largest absolute Gasteiger partial charge is 0.600 e. The van der Waals surface area contributed by atoms with E-state index in [1.807, 2.05) is 93.6 Å². The fraction of sp³-hybridized carbons (Fsp3) is 0.455. The second-order valence-corrected chi connectivity index (χ2v) is 20.8. The zero-order chi connectivity index (χ0) is 29.9. The summed E-state index contributed by atoms with van der Waals surface area (Å²) in [5, 5.41) is 0. The summed E-state index contributed by atoms with van der Waals surface area (Å²) in [7, 11) is 1.57. The molecule has 4 rings (SSSR count). The second kappa shape index (κ2) is 18.0. The molecule has 42 heavy (non-hydrogen) atoms. The average molecular weight is 679 g/mol. The first-order valence-corrected chi connectivity index (χ1v) is 22.6. The zero-order valence-electron chi connectivity index (χ0n) is 24.7. The monoisotopic (exact) mass is 678 g/mol. The molecule has 1 aliphatic rings. The van der Waals surface area contributed by atoms with Crippen LogP contribution in [0.5, 0.6) is 0 Å². The SMILES string of the molecule is Cc1ccc([S+]([O-])SCC[C@H]2CC[C@@H](CCS[S+]([O-])c3ccc(C)cc3)[C@@H](CCS[S+]([O-])c3ccc(C)cc3)C2)cc1. The van der Waals surface area contributed by atoms with Crippen molar-refractivity contribution in [3.8, 4) is 0 Å². The molecular weight excluding hydrogens is 637 g/mol. The van der Waals surface area contributed by atoms with Crippen molar-refractivity contribution < 1.29 is 13.7 Å². The van der Waals surface area contributed by atoms with E-state index < -0.39 is 30.6 Å². The Balaban J connectivity index is 1.28. The van der Waals surface area contributed by atoms with Crippen LogP contribution in [0.15, 0.2) is 87.5 Å². The topological polar surface area (TPSA) is 69.2 Å². The van der Waals surface area contributed by atoms with Gasteiger partial charge in [0.25, 0.3) is 0 Å². The van der Waals surface area contributed by atoms with Gasteiger partial charge in [-0.15, -0.1) is 0 Å². The summed E-state index contributed by atoms with van der Waals surface area (Å²) in [6.07, 6.45) is 6.76. The minimum atomic E-state index is -1.05. The third-order valence-electron chi connectivity index (χ3n) is 7.96. The fourth-order valence-corrected chi connectivity index (χ4v) is 13.0. The van der Waals surface area contributed by atoms with Crippen LogP contribution < -0.4 is 0 Å². The Bertz CT molecular complexity index is 1190. The van der Waals surface area contributed by atoms with Gasteiger partial charge >= 0.3 is 0 Å². The molecule has 3 unspecified atom stereocenters. The van der Waals surface area contributed by atoms with Crippen molar-refractivity contribution in [3.05, 3.63) is 89.5 Å². The van der Waals surface area contributed by atoms with E-state index in [-0.39, 0.29) is 0 Å². The molecule has 1 saturated carbocycles. The van der Waals surface area contributed by atoms with Crippen molar-refractivity contribution in [2.75, 3.05) is 17.3 Å². The van der Waals surface area contributed by atoms with Crippen LogP contribution in [-0.2, 0) is 30.6 Å². The smallest absolute Gasteiger partial charge is 0.165 e. The van der Waals surface area contributed by atoms with Crippen molar-refractivity contribution in [3.63, 3.8) is 0 Å². The molecule has 3 nitrogen and oxygen atoms in total. The molecule has 0 bridgehead atoms. The Morgan fingerprint density at radius 3 is 1.29 bits per heavy atom. The summed E-state index contributed by atoms with van der Waals surface area (Å²) in [6, 6.07) is 24.0. The third kappa shape index (κ3) is 11.2. The van der Waals surface area contributed by atoms with E-state index in [0.29, 0.717) is 17.8 Å². The summed E-state index contributed by atoms with van der Waals surface area (Å²) in [5.74, 6) is 4.48. The van der Waals surface area contributed by atoms with Gasteiger partial charge < -0.3 is 13.7 Å². The molecule has 1 aliphatic carbocycles. The number of aryl methyl sites for hydroxylation is 3. The Hall–Kier alpha value is -0.360. The van der Waals surface area contributed by atoms with Gasteiger partial charge in [-0.1, -0.05) is 59.5 Å². The molecule has 0 N–H and O–H groups in total. The van der Waals surface area contributed by atoms with Gasteiger partial charge in [0.1, 0.15) is 0 Å². The quantitative estimate of drug-likeness (QED) is 0.118. The first-order chi connectivity index (χ1) is 20.3. The highest BCUT2D eigenvalue weighted by Gasteiger charge is 2.31. The fourth-order valence-electron chi connectivity index (χ4n) is 5.41. The van der Waals surface area contributed by atoms with E-state index in [0.717, 1.165) is 51.2 Å². The van der Waals surface area contributed by atoms with Crippen LogP contribution in [-0.4, -0.2) is 30.9 Å². The molecule has 6 atom stereocenters. The molecule has 1 fully saturated rings. The molecule has 9 heteroatoms. The number of hydrogen-bond donors (Lipinski definition) is 0. The first kappa shape index (κ1) is 34.5. The van der Waals surface area contributed by atoms with Gasteiger partial charge in [-0.05, 0) is 107 Å². The second-order valence-electron chi connectivity index (χ2n) is 11.2. The van der Waals surface area contributed by atoms with Gasteiger partial charge in [-0.25, -0.2) is 0 Å². The molecule has 0 radical (unpaired) electrons. The number of hydrogen-bond acceptors (Lipinski definition) is 6. The predicted molar refractivity (Wildman–Crippen MR) is 188 cm³/mol. The molecule has 3 aromatic rings. The van der Waals surface area contributed by atoms with Crippen molar-refractivity contribution in [2.45, 2.75) is 74.0 Å². The van der Waals surface area contributed by atoms with Crippen LogP contribution in [0, 0.1) is 38.5 Å². The van der Waals surface area contributed by atoms with E-state index in [1.165, 1.54) is 36.0 Å². The van der Waals surface area contributed by atoms with E-state index in [9.17, 15) is 13.7 Å². The summed E-state index contributed by atoms with van der Waals surface area (Å²) in [6.45, 7) is 6.15. The van der Waals surface area contributed by atoms with E-state index in [4.69, 9.17) is 0 Å². The summed E-state index contributed by atoms with van der Waals surface area (Å²) < 4.78 is 38.5. The predicted octanol–water partition coefficient (Wildman–Crippen LogP) is 9.48. The van der Waals surface area contributed by atoms with Crippen LogP contribution in [0.2, 0.25) is 0 Å². The van der Waals surface area contributed by atoms with Crippen LogP contribution in [0.3, 0.4) is 0 Å². The third-order valence-corrected chi connectivity index (χ3v) is 16.9. The molecule has 0 spiro atoms. The minimum Gasteiger partial charge on any atom is -0.600 e. The Morgan fingerprint density at radius 2 is 0.881 bits per heavy atom. The van der Waals surface area contributed by atoms with Crippen LogP contribution in [0.1, 0.15) is 55.2 Å². The van der Waals surface area contributed by atoms with Crippen molar-refractivity contribution in [1.29, 1.82) is 0 Å². The van der Waals surface area contributed by atoms with Gasteiger partial charge in [-0.2, -0.15) is 0 Å². The van der Waals surface area contributed by atoms with Crippen LogP contribution in [0.4, 0.5) is 0 Å². The lowest BCUT2D eigenvalue weighted by Gasteiger charge is -2.36. The summed E-state index contributed by atoms with van der Waals surface area (Å²) in [4.78, 5) is 2.67.